The van der Waals surface area contributed by atoms with E-state index in [1.54, 1.807) is 6.08 Å². The number of carbonyl (C=O) groups is 1. The van der Waals surface area contributed by atoms with Crippen molar-refractivity contribution in [3.63, 3.8) is 0 Å². The van der Waals surface area contributed by atoms with Crippen molar-refractivity contribution in [2.45, 2.75) is 218 Å². The van der Waals surface area contributed by atoms with E-state index in [2.05, 4.69) is 55.6 Å². The summed E-state index contributed by atoms with van der Waals surface area (Å²) in [6.45, 7) is 4.10. The molecule has 5 heteroatoms. The first-order valence-electron chi connectivity index (χ1n) is 21.0. The van der Waals surface area contributed by atoms with Gasteiger partial charge in [-0.25, -0.2) is 0 Å². The van der Waals surface area contributed by atoms with Crippen LogP contribution in [-0.2, 0) is 4.79 Å². The van der Waals surface area contributed by atoms with Crippen molar-refractivity contribution in [3.05, 3.63) is 48.6 Å². The molecule has 3 unspecified atom stereocenters. The van der Waals surface area contributed by atoms with Crippen molar-refractivity contribution in [2.24, 2.45) is 0 Å². The normalized spacial score (nSPS) is 14.1. The van der Waals surface area contributed by atoms with Gasteiger partial charge in [0.05, 0.1) is 18.8 Å². The highest BCUT2D eigenvalue weighted by Gasteiger charge is 2.22. The molecule has 3 atom stereocenters. The van der Waals surface area contributed by atoms with Gasteiger partial charge in [0.2, 0.25) is 5.91 Å². The Morgan fingerprint density at radius 2 is 0.898 bits per heavy atom. The smallest absolute Gasteiger partial charge is 0.249 e. The van der Waals surface area contributed by atoms with Gasteiger partial charge in [-0.2, -0.15) is 0 Å². The van der Waals surface area contributed by atoms with E-state index in [1.165, 1.54) is 135 Å². The average Bonchev–Trinajstić information content (AvgIpc) is 3.11. The fourth-order valence-corrected chi connectivity index (χ4v) is 6.05. The van der Waals surface area contributed by atoms with E-state index in [4.69, 9.17) is 0 Å². The Hall–Kier alpha value is -1.69. The van der Waals surface area contributed by atoms with Crippen LogP contribution in [0.4, 0.5) is 0 Å². The number of rotatable bonds is 37. The van der Waals surface area contributed by atoms with Gasteiger partial charge in [0.1, 0.15) is 6.10 Å². The fourth-order valence-electron chi connectivity index (χ4n) is 6.05. The monoisotopic (exact) mass is 688 g/mol. The van der Waals surface area contributed by atoms with Gasteiger partial charge in [0.25, 0.3) is 0 Å². The standard InChI is InChI=1S/C44H81NO4/c1-3-5-7-9-11-13-14-15-16-17-18-19-20-21-22-23-24-25-26-27-28-29-31-33-35-37-39-43(48)44(49)45-41(40-46)42(47)38-36-34-32-30-12-10-8-6-4-2/h12,18-19,21-22,30,36,38,41-43,46-48H,3-11,13-17,20,23-29,31-35,37,39-40H2,1-2H3,(H,45,49)/b19-18-,22-21-,30-12+,38-36+. The lowest BCUT2D eigenvalue weighted by Crippen LogP contribution is -2.48. The van der Waals surface area contributed by atoms with Crippen LogP contribution in [0.2, 0.25) is 0 Å². The zero-order chi connectivity index (χ0) is 35.9. The van der Waals surface area contributed by atoms with E-state index in [1.807, 2.05) is 6.08 Å². The van der Waals surface area contributed by atoms with Crippen LogP contribution in [-0.4, -0.2) is 46.1 Å². The predicted octanol–water partition coefficient (Wildman–Crippen LogP) is 11.8. The van der Waals surface area contributed by atoms with E-state index < -0.39 is 24.2 Å². The first-order chi connectivity index (χ1) is 24.1. The lowest BCUT2D eigenvalue weighted by atomic mass is 10.0. The molecular weight excluding hydrogens is 606 g/mol. The first kappa shape index (κ1) is 47.3. The molecule has 0 saturated carbocycles. The van der Waals surface area contributed by atoms with Crippen molar-refractivity contribution in [1.29, 1.82) is 0 Å². The van der Waals surface area contributed by atoms with Crippen LogP contribution in [0.25, 0.3) is 0 Å². The summed E-state index contributed by atoms with van der Waals surface area (Å²) in [5, 5.41) is 32.9. The number of hydrogen-bond acceptors (Lipinski definition) is 4. The Labute approximate surface area is 304 Å². The van der Waals surface area contributed by atoms with Gasteiger partial charge in [0, 0.05) is 0 Å². The molecule has 0 aliphatic heterocycles. The average molecular weight is 688 g/mol. The molecular formula is C44H81NO4. The molecule has 0 aliphatic rings. The maximum atomic E-state index is 12.4. The minimum atomic E-state index is -1.11. The second-order valence-corrected chi connectivity index (χ2v) is 14.2. The molecule has 4 N–H and O–H groups in total. The van der Waals surface area contributed by atoms with Gasteiger partial charge < -0.3 is 20.6 Å². The zero-order valence-electron chi connectivity index (χ0n) is 32.3. The molecule has 0 aromatic heterocycles. The Bertz CT molecular complexity index is 805. The Morgan fingerprint density at radius 3 is 1.41 bits per heavy atom. The number of carbonyl (C=O) groups excluding carboxylic acids is 1. The number of unbranched alkanes of at least 4 members (excludes halogenated alkanes) is 23. The lowest BCUT2D eigenvalue weighted by Gasteiger charge is -2.21. The summed E-state index contributed by atoms with van der Waals surface area (Å²) in [5.74, 6) is -0.520. The summed E-state index contributed by atoms with van der Waals surface area (Å²) < 4.78 is 0. The number of nitrogens with one attached hydrogen (secondary N) is 1. The van der Waals surface area contributed by atoms with E-state index >= 15 is 0 Å². The second kappa shape index (κ2) is 39.1. The largest absolute Gasteiger partial charge is 0.394 e. The van der Waals surface area contributed by atoms with Crippen molar-refractivity contribution in [2.75, 3.05) is 6.61 Å². The Balaban J connectivity index is 3.63. The minimum Gasteiger partial charge on any atom is -0.394 e. The number of allylic oxidation sites excluding steroid dienone is 7. The van der Waals surface area contributed by atoms with Crippen LogP contribution >= 0.6 is 0 Å². The highest BCUT2D eigenvalue weighted by atomic mass is 16.3. The lowest BCUT2D eigenvalue weighted by molar-refractivity contribution is -0.131. The minimum absolute atomic E-state index is 0.379. The summed E-state index contributed by atoms with van der Waals surface area (Å²) in [7, 11) is 0. The third-order valence-electron chi connectivity index (χ3n) is 9.39. The summed E-state index contributed by atoms with van der Waals surface area (Å²) in [5.41, 5.74) is 0. The third kappa shape index (κ3) is 34.5. The maximum Gasteiger partial charge on any atom is 0.249 e. The molecule has 0 aromatic carbocycles. The third-order valence-corrected chi connectivity index (χ3v) is 9.39. The molecule has 0 radical (unpaired) electrons. The number of amides is 1. The fraction of sp³-hybridized carbons (Fsp3) is 0.795. The Morgan fingerprint density at radius 1 is 0.510 bits per heavy atom. The molecule has 49 heavy (non-hydrogen) atoms. The summed E-state index contributed by atoms with van der Waals surface area (Å²) in [6.07, 6.45) is 50.1. The van der Waals surface area contributed by atoms with Crippen LogP contribution in [0, 0.1) is 0 Å². The highest BCUT2D eigenvalue weighted by Crippen LogP contribution is 2.14. The quantitative estimate of drug-likeness (QED) is 0.0386. The van der Waals surface area contributed by atoms with Crippen LogP contribution in [0.3, 0.4) is 0 Å². The summed E-state index contributed by atoms with van der Waals surface area (Å²) >= 11 is 0. The molecule has 0 spiro atoms. The zero-order valence-corrected chi connectivity index (χ0v) is 32.3. The van der Waals surface area contributed by atoms with Crippen molar-refractivity contribution in [3.8, 4) is 0 Å². The van der Waals surface area contributed by atoms with Gasteiger partial charge in [-0.3, -0.25) is 4.79 Å². The molecule has 0 saturated heterocycles. The number of aliphatic hydroxyl groups is 3. The number of aliphatic hydroxyl groups excluding tert-OH is 3. The van der Waals surface area contributed by atoms with Gasteiger partial charge in [-0.1, -0.05) is 184 Å². The summed E-state index contributed by atoms with van der Waals surface area (Å²) in [4.78, 5) is 12.4. The van der Waals surface area contributed by atoms with Gasteiger partial charge in [0.15, 0.2) is 0 Å². The molecule has 1 amide bonds. The predicted molar refractivity (Wildman–Crippen MR) is 213 cm³/mol. The molecule has 0 aromatic rings. The molecule has 0 heterocycles. The van der Waals surface area contributed by atoms with Crippen molar-refractivity contribution in [1.82, 2.24) is 5.32 Å². The molecule has 0 fully saturated rings. The van der Waals surface area contributed by atoms with E-state index in [0.717, 1.165) is 44.9 Å². The van der Waals surface area contributed by atoms with Gasteiger partial charge in [-0.05, 0) is 64.2 Å². The van der Waals surface area contributed by atoms with Crippen LogP contribution in [0.5, 0.6) is 0 Å². The van der Waals surface area contributed by atoms with Crippen LogP contribution < -0.4 is 5.32 Å². The van der Waals surface area contributed by atoms with E-state index in [-0.39, 0.29) is 6.61 Å². The SMILES string of the molecule is CCCCC/C=C/CC/C=C/C(O)C(CO)NC(=O)C(O)CCCCCCCCCCCC/C=C\C/C=C\CCCCCCCCCCC. The topological polar surface area (TPSA) is 89.8 Å². The molecule has 0 aliphatic carbocycles. The highest BCUT2D eigenvalue weighted by molar-refractivity contribution is 5.80. The summed E-state index contributed by atoms with van der Waals surface area (Å²) in [6, 6.07) is -0.814. The molecule has 286 valence electrons. The van der Waals surface area contributed by atoms with E-state index in [0.29, 0.717) is 6.42 Å². The first-order valence-corrected chi connectivity index (χ1v) is 21.0. The molecule has 0 rings (SSSR count). The Kier molecular flexibility index (Phi) is 37.8. The molecule has 5 nitrogen and oxygen atoms in total. The number of hydrogen-bond donors (Lipinski definition) is 4. The van der Waals surface area contributed by atoms with Crippen molar-refractivity contribution < 1.29 is 20.1 Å². The van der Waals surface area contributed by atoms with Crippen LogP contribution in [0.15, 0.2) is 48.6 Å². The van der Waals surface area contributed by atoms with Crippen molar-refractivity contribution >= 4 is 5.91 Å². The van der Waals surface area contributed by atoms with Gasteiger partial charge >= 0.3 is 0 Å². The van der Waals surface area contributed by atoms with Gasteiger partial charge in [-0.15, -0.1) is 0 Å². The maximum absolute atomic E-state index is 12.4. The van der Waals surface area contributed by atoms with E-state index in [9.17, 15) is 20.1 Å². The van der Waals surface area contributed by atoms with Crippen LogP contribution in [0.1, 0.15) is 200 Å². The second-order valence-electron chi connectivity index (χ2n) is 14.2. The molecule has 0 bridgehead atoms.